The molecule has 0 spiro atoms. The molecule has 0 aliphatic carbocycles. The van der Waals surface area contributed by atoms with Gasteiger partial charge in [0.25, 0.3) is 0 Å². The molecule has 1 N–H and O–H groups in total. The third kappa shape index (κ3) is 4.28. The van der Waals surface area contributed by atoms with E-state index in [2.05, 4.69) is 35.2 Å². The van der Waals surface area contributed by atoms with Gasteiger partial charge in [-0.2, -0.15) is 0 Å². The molecule has 0 amide bonds. The molecular weight excluding hydrogens is 255 g/mol. The van der Waals surface area contributed by atoms with E-state index in [-0.39, 0.29) is 0 Å². The summed E-state index contributed by atoms with van der Waals surface area (Å²) in [5, 5.41) is 10.1. The van der Waals surface area contributed by atoms with E-state index in [0.717, 1.165) is 36.8 Å². The summed E-state index contributed by atoms with van der Waals surface area (Å²) in [6.07, 6.45) is 6.71. The minimum absolute atomic E-state index is 0.409. The maximum absolute atomic E-state index is 10.1. The van der Waals surface area contributed by atoms with Crippen LogP contribution in [-0.4, -0.2) is 10.1 Å². The van der Waals surface area contributed by atoms with Crippen molar-refractivity contribution in [2.45, 2.75) is 52.4 Å². The van der Waals surface area contributed by atoms with Crippen molar-refractivity contribution in [1.82, 2.24) is 0 Å². The second kappa shape index (κ2) is 7.67. The molecule has 97 valence electrons. The van der Waals surface area contributed by atoms with E-state index in [1.165, 1.54) is 18.4 Å². The van der Waals surface area contributed by atoms with Crippen LogP contribution in [0.2, 0.25) is 0 Å². The molecule has 2 heteroatoms. The van der Waals surface area contributed by atoms with E-state index < -0.39 is 0 Å². The van der Waals surface area contributed by atoms with Gasteiger partial charge in [0.1, 0.15) is 0 Å². The number of benzene rings is 1. The molecule has 0 saturated heterocycles. The number of aryl methyl sites for hydroxylation is 2. The molecule has 0 aliphatic rings. The van der Waals surface area contributed by atoms with Crippen LogP contribution in [0.1, 0.15) is 56.2 Å². The standard InChI is InChI=1S/C15H22O.Co/c1-4-6-8-13-10-12(3)15(16)14(11-13)9-7-5-2;/h3,10-11,16H,4-9H2,1-2H3;. The van der Waals surface area contributed by atoms with Crippen molar-refractivity contribution in [2.24, 2.45) is 0 Å². The Morgan fingerprint density at radius 2 is 1.76 bits per heavy atom. The molecule has 1 rings (SSSR count). The molecule has 0 saturated carbocycles. The van der Waals surface area contributed by atoms with Gasteiger partial charge >= 0.3 is 112 Å². The van der Waals surface area contributed by atoms with Crippen molar-refractivity contribution < 1.29 is 20.4 Å². The van der Waals surface area contributed by atoms with Gasteiger partial charge in [0.2, 0.25) is 0 Å². The van der Waals surface area contributed by atoms with Crippen LogP contribution in [0.15, 0.2) is 12.1 Å². The fourth-order valence-electron chi connectivity index (χ4n) is 1.94. The first kappa shape index (κ1) is 14.5. The van der Waals surface area contributed by atoms with Crippen molar-refractivity contribution in [3.05, 3.63) is 28.8 Å². The summed E-state index contributed by atoms with van der Waals surface area (Å²) < 4.78 is 0. The summed E-state index contributed by atoms with van der Waals surface area (Å²) in [6, 6.07) is 4.20. The second-order valence-corrected chi connectivity index (χ2v) is 4.80. The van der Waals surface area contributed by atoms with Crippen molar-refractivity contribution in [3.63, 3.8) is 0 Å². The van der Waals surface area contributed by atoms with Crippen LogP contribution < -0.4 is 0 Å². The molecule has 0 fully saturated rings. The molecule has 0 atom stereocenters. The molecule has 0 radical (unpaired) electrons. The van der Waals surface area contributed by atoms with E-state index in [1.807, 2.05) is 6.07 Å². The predicted octanol–water partition coefficient (Wildman–Crippen LogP) is 3.77. The molecule has 1 aromatic rings. The van der Waals surface area contributed by atoms with E-state index >= 15 is 0 Å². The number of phenols is 1. The Bertz CT molecular complexity index is 371. The Morgan fingerprint density at radius 1 is 1.12 bits per heavy atom. The molecule has 0 unspecified atom stereocenters. The van der Waals surface area contributed by atoms with Crippen molar-refractivity contribution in [1.29, 1.82) is 0 Å². The topological polar surface area (TPSA) is 20.2 Å². The summed E-state index contributed by atoms with van der Waals surface area (Å²) in [5.41, 5.74) is 3.24. The quantitative estimate of drug-likeness (QED) is 0.804. The van der Waals surface area contributed by atoms with Gasteiger partial charge in [-0.25, -0.2) is 0 Å². The average Bonchev–Trinajstić information content (AvgIpc) is 2.35. The Hall–Kier alpha value is -0.604. The van der Waals surface area contributed by atoms with Crippen LogP contribution in [0, 0.1) is 0 Å². The maximum atomic E-state index is 10.1. The zero-order valence-corrected chi connectivity index (χ0v) is 11.8. The van der Waals surface area contributed by atoms with E-state index in [4.69, 9.17) is 0 Å². The molecule has 1 aromatic carbocycles. The van der Waals surface area contributed by atoms with Gasteiger partial charge in [-0.15, -0.1) is 0 Å². The zero-order chi connectivity index (χ0) is 12.7. The van der Waals surface area contributed by atoms with Gasteiger partial charge in [-0.1, -0.05) is 0 Å². The van der Waals surface area contributed by atoms with E-state index in [0.29, 0.717) is 5.75 Å². The molecule has 0 aliphatic heterocycles. The summed E-state index contributed by atoms with van der Waals surface area (Å²) in [5.74, 6) is 0.409. The third-order valence-electron chi connectivity index (χ3n) is 3.00. The number of rotatable bonds is 7. The summed E-state index contributed by atoms with van der Waals surface area (Å²) in [6.45, 7) is 4.37. The van der Waals surface area contributed by atoms with E-state index in [1.54, 1.807) is 4.96 Å². The Labute approximate surface area is 112 Å². The van der Waals surface area contributed by atoms with Gasteiger partial charge in [-0.3, -0.25) is 0 Å². The van der Waals surface area contributed by atoms with Crippen molar-refractivity contribution >= 4 is 4.96 Å². The number of unbranched alkanes of at least 4 members (excludes halogenated alkanes) is 2. The number of aromatic hydroxyl groups is 1. The van der Waals surface area contributed by atoms with Crippen molar-refractivity contribution in [2.75, 3.05) is 0 Å². The summed E-state index contributed by atoms with van der Waals surface area (Å²) >= 11 is 4.22. The number of phenolic OH excluding ortho intramolecular Hbond substituents is 1. The van der Waals surface area contributed by atoms with Crippen LogP contribution in [0.25, 0.3) is 0 Å². The average molecular weight is 277 g/mol. The minimum atomic E-state index is 0.409. The number of hydrogen-bond acceptors (Lipinski definition) is 1. The Balaban J connectivity index is 2.96. The number of hydrogen-bond donors (Lipinski definition) is 1. The molecule has 0 heterocycles. The first-order chi connectivity index (χ1) is 8.22. The van der Waals surface area contributed by atoms with Gasteiger partial charge in [0.05, 0.1) is 0 Å². The zero-order valence-electron chi connectivity index (χ0n) is 10.8. The predicted molar refractivity (Wildman–Crippen MR) is 70.5 cm³/mol. The third-order valence-corrected chi connectivity index (χ3v) is 3.32. The summed E-state index contributed by atoms with van der Waals surface area (Å²) in [7, 11) is 0. The van der Waals surface area contributed by atoms with Crippen LogP contribution >= 0.6 is 0 Å². The monoisotopic (exact) mass is 277 g/mol. The molecular formula is C15H22CoO. The SMILES string of the molecule is CCCCc1cc([CH]=[Co])c(O)c(CCCC)c1. The molecule has 1 nitrogen and oxygen atoms in total. The van der Waals surface area contributed by atoms with Crippen LogP contribution in [0.4, 0.5) is 0 Å². The van der Waals surface area contributed by atoms with Gasteiger partial charge in [0.15, 0.2) is 0 Å². The second-order valence-electron chi connectivity index (χ2n) is 4.50. The van der Waals surface area contributed by atoms with Crippen LogP contribution in [0.3, 0.4) is 0 Å². The molecule has 17 heavy (non-hydrogen) atoms. The fourth-order valence-corrected chi connectivity index (χ4v) is 2.17. The van der Waals surface area contributed by atoms with Gasteiger partial charge in [0, 0.05) is 0 Å². The van der Waals surface area contributed by atoms with Crippen LogP contribution in [0.5, 0.6) is 5.75 Å². The van der Waals surface area contributed by atoms with Crippen molar-refractivity contribution in [3.8, 4) is 5.75 Å². The normalized spacial score (nSPS) is 10.5. The Kier molecular flexibility index (Phi) is 6.52. The fraction of sp³-hybridized carbons (Fsp3) is 0.533. The van der Waals surface area contributed by atoms with Gasteiger partial charge < -0.3 is 0 Å². The first-order valence-corrected chi connectivity index (χ1v) is 7.08. The van der Waals surface area contributed by atoms with Crippen LogP contribution in [-0.2, 0) is 28.1 Å². The first-order valence-electron chi connectivity index (χ1n) is 6.48. The molecule has 0 aromatic heterocycles. The van der Waals surface area contributed by atoms with E-state index in [9.17, 15) is 5.11 Å². The Morgan fingerprint density at radius 3 is 2.35 bits per heavy atom. The molecule has 0 bridgehead atoms. The van der Waals surface area contributed by atoms with Gasteiger partial charge in [-0.05, 0) is 0 Å². The summed E-state index contributed by atoms with van der Waals surface area (Å²) in [4.78, 5) is 1.69.